The summed E-state index contributed by atoms with van der Waals surface area (Å²) in [5.41, 5.74) is 0.447. The summed E-state index contributed by atoms with van der Waals surface area (Å²) in [5, 5.41) is 5.20. The molecule has 26 heavy (non-hydrogen) atoms. The Labute approximate surface area is 157 Å². The van der Waals surface area contributed by atoms with Gasteiger partial charge in [0.15, 0.2) is 0 Å². The van der Waals surface area contributed by atoms with Crippen LogP contribution >= 0.6 is 11.3 Å². The van der Waals surface area contributed by atoms with Crippen molar-refractivity contribution in [3.8, 4) is 0 Å². The number of rotatable bonds is 1. The fourth-order valence-electron chi connectivity index (χ4n) is 3.65. The molecule has 130 valence electrons. The Morgan fingerprint density at radius 2 is 1.50 bits per heavy atom. The van der Waals surface area contributed by atoms with Crippen LogP contribution in [0.3, 0.4) is 0 Å². The first-order chi connectivity index (χ1) is 12.4. The Kier molecular flexibility index (Phi) is 3.34. The third kappa shape index (κ3) is 2.26. The maximum atomic E-state index is 6.24. The molecule has 0 N–H and O–H groups in total. The Morgan fingerprint density at radius 3 is 2.27 bits per heavy atom. The second-order valence-corrected chi connectivity index (χ2v) is 9.16. The van der Waals surface area contributed by atoms with Gasteiger partial charge in [-0.25, -0.2) is 0 Å². The topological polar surface area (TPSA) is 18.5 Å². The monoisotopic (exact) mass is 360 g/mol. The van der Waals surface area contributed by atoms with Crippen LogP contribution in [0, 0.1) is 0 Å². The van der Waals surface area contributed by atoms with E-state index in [9.17, 15) is 0 Å². The minimum absolute atomic E-state index is 0.320. The van der Waals surface area contributed by atoms with Crippen molar-refractivity contribution in [2.45, 2.75) is 38.9 Å². The quantitative estimate of drug-likeness (QED) is 0.417. The molecule has 0 atom stereocenters. The van der Waals surface area contributed by atoms with Crippen LogP contribution < -0.4 is 5.46 Å². The van der Waals surface area contributed by atoms with Crippen LogP contribution in [-0.2, 0) is 9.31 Å². The van der Waals surface area contributed by atoms with Crippen LogP contribution in [0.25, 0.3) is 30.9 Å². The van der Waals surface area contributed by atoms with Crippen molar-refractivity contribution in [2.24, 2.45) is 0 Å². The average molecular weight is 360 g/mol. The molecule has 0 amide bonds. The molecule has 3 aromatic carbocycles. The Bertz CT molecular complexity index is 1140. The summed E-state index contributed by atoms with van der Waals surface area (Å²) in [4.78, 5) is 0. The van der Waals surface area contributed by atoms with Gasteiger partial charge >= 0.3 is 7.12 Å². The highest BCUT2D eigenvalue weighted by Crippen LogP contribution is 2.39. The van der Waals surface area contributed by atoms with Gasteiger partial charge in [0.2, 0.25) is 0 Å². The summed E-state index contributed by atoms with van der Waals surface area (Å²) in [6, 6.07) is 19.6. The minimum atomic E-state index is -0.320. The van der Waals surface area contributed by atoms with Gasteiger partial charge in [0.1, 0.15) is 0 Å². The molecular weight excluding hydrogens is 339 g/mol. The summed E-state index contributed by atoms with van der Waals surface area (Å²) < 4.78 is 15.1. The highest BCUT2D eigenvalue weighted by atomic mass is 32.1. The molecule has 1 aliphatic rings. The summed E-state index contributed by atoms with van der Waals surface area (Å²) in [5.74, 6) is 0. The van der Waals surface area contributed by atoms with Gasteiger partial charge in [-0.2, -0.15) is 0 Å². The lowest BCUT2D eigenvalue weighted by Crippen LogP contribution is -2.41. The van der Waals surface area contributed by atoms with Crippen LogP contribution in [-0.4, -0.2) is 18.3 Å². The first kappa shape index (κ1) is 16.3. The molecule has 0 unspecified atom stereocenters. The lowest BCUT2D eigenvalue weighted by molar-refractivity contribution is 0.00578. The molecule has 1 saturated heterocycles. The smallest absolute Gasteiger partial charge is 0.399 e. The highest BCUT2D eigenvalue weighted by Gasteiger charge is 2.51. The van der Waals surface area contributed by atoms with E-state index in [-0.39, 0.29) is 18.3 Å². The predicted octanol–water partition coefficient (Wildman–Crippen LogP) is 5.51. The first-order valence-electron chi connectivity index (χ1n) is 9.05. The van der Waals surface area contributed by atoms with Crippen molar-refractivity contribution in [1.29, 1.82) is 0 Å². The van der Waals surface area contributed by atoms with Gasteiger partial charge in [-0.1, -0.05) is 48.5 Å². The van der Waals surface area contributed by atoms with E-state index in [4.69, 9.17) is 9.31 Å². The van der Waals surface area contributed by atoms with Crippen molar-refractivity contribution in [2.75, 3.05) is 0 Å². The van der Waals surface area contributed by atoms with Crippen LogP contribution in [0.2, 0.25) is 0 Å². The summed E-state index contributed by atoms with van der Waals surface area (Å²) in [6.07, 6.45) is 0. The largest absolute Gasteiger partial charge is 0.494 e. The summed E-state index contributed by atoms with van der Waals surface area (Å²) in [6.45, 7) is 8.38. The molecule has 0 spiro atoms. The molecule has 4 aromatic rings. The maximum absolute atomic E-state index is 6.24. The van der Waals surface area contributed by atoms with E-state index in [1.807, 2.05) is 11.3 Å². The van der Waals surface area contributed by atoms with Crippen LogP contribution in [0.1, 0.15) is 27.7 Å². The van der Waals surface area contributed by atoms with Gasteiger partial charge in [-0.3, -0.25) is 0 Å². The van der Waals surface area contributed by atoms with Crippen molar-refractivity contribution in [1.82, 2.24) is 0 Å². The second kappa shape index (κ2) is 5.32. The fourth-order valence-corrected chi connectivity index (χ4v) is 4.87. The molecule has 5 rings (SSSR count). The number of benzene rings is 3. The van der Waals surface area contributed by atoms with Gasteiger partial charge in [0.25, 0.3) is 0 Å². The zero-order valence-electron chi connectivity index (χ0n) is 15.5. The van der Waals surface area contributed by atoms with Crippen molar-refractivity contribution in [3.05, 3.63) is 54.6 Å². The standard InChI is InChI=1S/C22H21BO2S/c1-21(2)22(3,4)25-23(24-21)15-10-12-19-18(13-15)17-11-9-14-7-5-6-8-16(14)20(17)26-19/h5-13H,1-4H3. The van der Waals surface area contributed by atoms with E-state index in [1.165, 1.54) is 30.9 Å². The molecule has 0 aliphatic carbocycles. The maximum Gasteiger partial charge on any atom is 0.494 e. The lowest BCUT2D eigenvalue weighted by Gasteiger charge is -2.32. The fraction of sp³-hybridized carbons (Fsp3) is 0.273. The molecule has 2 nitrogen and oxygen atoms in total. The van der Waals surface area contributed by atoms with Crippen molar-refractivity contribution >= 4 is 54.9 Å². The Morgan fingerprint density at radius 1 is 0.769 bits per heavy atom. The summed E-state index contributed by atoms with van der Waals surface area (Å²) >= 11 is 1.86. The molecule has 4 heteroatoms. The van der Waals surface area contributed by atoms with Gasteiger partial charge in [-0.15, -0.1) is 11.3 Å². The van der Waals surface area contributed by atoms with Crippen LogP contribution in [0.5, 0.6) is 0 Å². The highest BCUT2D eigenvalue weighted by molar-refractivity contribution is 7.26. The van der Waals surface area contributed by atoms with Gasteiger partial charge in [0.05, 0.1) is 11.2 Å². The van der Waals surface area contributed by atoms with Crippen LogP contribution in [0.4, 0.5) is 0 Å². The first-order valence-corrected chi connectivity index (χ1v) is 9.87. The van der Waals surface area contributed by atoms with E-state index in [0.29, 0.717) is 0 Å². The SMILES string of the molecule is CC1(C)OB(c2ccc3sc4c5ccccc5ccc4c3c2)OC1(C)C. The molecule has 0 bridgehead atoms. The van der Waals surface area contributed by atoms with E-state index in [0.717, 1.165) is 5.46 Å². The average Bonchev–Trinajstić information content (AvgIpc) is 3.08. The molecular formula is C22H21BO2S. The van der Waals surface area contributed by atoms with Gasteiger partial charge < -0.3 is 9.31 Å². The number of hydrogen-bond acceptors (Lipinski definition) is 3. The number of thiophene rings is 1. The predicted molar refractivity (Wildman–Crippen MR) is 113 cm³/mol. The molecule has 2 heterocycles. The van der Waals surface area contributed by atoms with Gasteiger partial charge in [0, 0.05) is 14.8 Å². The normalized spacial score (nSPS) is 19.0. The Balaban J connectivity index is 1.68. The zero-order chi connectivity index (χ0) is 18.1. The third-order valence-corrected chi connectivity index (χ3v) is 7.13. The van der Waals surface area contributed by atoms with E-state index in [2.05, 4.69) is 82.3 Å². The number of fused-ring (bicyclic) bond motifs is 5. The van der Waals surface area contributed by atoms with Gasteiger partial charge in [-0.05, 0) is 55.4 Å². The molecule has 1 aliphatic heterocycles. The van der Waals surface area contributed by atoms with Crippen molar-refractivity contribution in [3.63, 3.8) is 0 Å². The molecule has 1 aromatic heterocycles. The lowest BCUT2D eigenvalue weighted by atomic mass is 9.78. The summed E-state index contributed by atoms with van der Waals surface area (Å²) in [7, 11) is -0.320. The Hall–Kier alpha value is -1.88. The molecule has 0 saturated carbocycles. The van der Waals surface area contributed by atoms with E-state index in [1.54, 1.807) is 0 Å². The van der Waals surface area contributed by atoms with E-state index < -0.39 is 0 Å². The second-order valence-electron chi connectivity index (χ2n) is 8.11. The third-order valence-electron chi connectivity index (χ3n) is 5.91. The molecule has 1 fully saturated rings. The van der Waals surface area contributed by atoms with E-state index >= 15 is 0 Å². The van der Waals surface area contributed by atoms with Crippen LogP contribution in [0.15, 0.2) is 54.6 Å². The zero-order valence-corrected chi connectivity index (χ0v) is 16.3. The van der Waals surface area contributed by atoms with Crippen molar-refractivity contribution < 1.29 is 9.31 Å². The molecule has 0 radical (unpaired) electrons. The number of hydrogen-bond donors (Lipinski definition) is 0. The minimum Gasteiger partial charge on any atom is -0.399 e.